The summed E-state index contributed by atoms with van der Waals surface area (Å²) in [5.74, 6) is 0.589. The Bertz CT molecular complexity index is 502. The number of fused-ring (bicyclic) bond motifs is 1. The van der Waals surface area contributed by atoms with E-state index in [4.69, 9.17) is 10.5 Å². The summed E-state index contributed by atoms with van der Waals surface area (Å²) in [4.78, 5) is 0. The van der Waals surface area contributed by atoms with Crippen molar-refractivity contribution < 1.29 is 4.74 Å². The molecule has 2 aromatic rings. The van der Waals surface area contributed by atoms with Crippen molar-refractivity contribution in [1.29, 1.82) is 0 Å². The molecule has 0 aliphatic carbocycles. The minimum absolute atomic E-state index is 0.578. The number of benzene rings is 1. The first kappa shape index (κ1) is 13.1. The number of nitrogens with zero attached hydrogens (tertiary/aromatic N) is 1. The second-order valence-electron chi connectivity index (χ2n) is 5.04. The van der Waals surface area contributed by atoms with Crippen molar-refractivity contribution >= 4 is 10.9 Å². The zero-order valence-electron chi connectivity index (χ0n) is 11.2. The van der Waals surface area contributed by atoms with Crippen molar-refractivity contribution in [3.63, 3.8) is 0 Å². The van der Waals surface area contributed by atoms with Gasteiger partial charge in [-0.1, -0.05) is 32.0 Å². The van der Waals surface area contributed by atoms with E-state index in [2.05, 4.69) is 48.9 Å². The minimum Gasteiger partial charge on any atom is -0.379 e. The fraction of sp³-hybridized carbons (Fsp3) is 0.467. The second-order valence-corrected chi connectivity index (χ2v) is 5.04. The van der Waals surface area contributed by atoms with Gasteiger partial charge in [0.15, 0.2) is 0 Å². The smallest absolute Gasteiger partial charge is 0.0645 e. The van der Waals surface area contributed by atoms with Gasteiger partial charge in [-0.05, 0) is 22.9 Å². The Kier molecular flexibility index (Phi) is 4.39. The molecule has 98 valence electrons. The van der Waals surface area contributed by atoms with E-state index in [0.717, 1.165) is 19.8 Å². The van der Waals surface area contributed by atoms with Gasteiger partial charge >= 0.3 is 0 Å². The van der Waals surface area contributed by atoms with Crippen molar-refractivity contribution in [2.24, 2.45) is 11.7 Å². The highest BCUT2D eigenvalue weighted by Gasteiger charge is 2.05. The van der Waals surface area contributed by atoms with Crippen molar-refractivity contribution in [3.8, 4) is 0 Å². The third-order valence-electron chi connectivity index (χ3n) is 3.02. The molecule has 1 aromatic carbocycles. The summed E-state index contributed by atoms with van der Waals surface area (Å²) in [6, 6.07) is 8.41. The Labute approximate surface area is 109 Å². The zero-order chi connectivity index (χ0) is 13.0. The van der Waals surface area contributed by atoms with Crippen LogP contribution in [0, 0.1) is 5.92 Å². The molecule has 0 amide bonds. The van der Waals surface area contributed by atoms with Gasteiger partial charge in [-0.25, -0.2) is 0 Å². The van der Waals surface area contributed by atoms with E-state index in [1.54, 1.807) is 0 Å². The van der Waals surface area contributed by atoms with Crippen LogP contribution in [0.2, 0.25) is 0 Å². The number of para-hydroxylation sites is 1. The summed E-state index contributed by atoms with van der Waals surface area (Å²) < 4.78 is 7.87. The number of nitrogens with two attached hydrogens (primary N) is 1. The Morgan fingerprint density at radius 2 is 2.11 bits per heavy atom. The van der Waals surface area contributed by atoms with E-state index in [9.17, 15) is 0 Å². The first-order valence-corrected chi connectivity index (χ1v) is 6.57. The maximum Gasteiger partial charge on any atom is 0.0645 e. The molecule has 0 atom stereocenters. The van der Waals surface area contributed by atoms with Gasteiger partial charge in [0.25, 0.3) is 0 Å². The molecule has 1 heterocycles. The molecule has 0 bridgehead atoms. The van der Waals surface area contributed by atoms with E-state index in [1.165, 1.54) is 16.5 Å². The highest BCUT2D eigenvalue weighted by Crippen LogP contribution is 2.20. The molecule has 3 heteroatoms. The van der Waals surface area contributed by atoms with E-state index in [0.29, 0.717) is 12.5 Å². The van der Waals surface area contributed by atoms with E-state index in [1.807, 2.05) is 0 Å². The van der Waals surface area contributed by atoms with E-state index < -0.39 is 0 Å². The van der Waals surface area contributed by atoms with Crippen LogP contribution in [0.4, 0.5) is 0 Å². The minimum atomic E-state index is 0.578. The SMILES string of the molecule is CC(C)COCCn1ccc2cccc(CN)c21. The lowest BCUT2D eigenvalue weighted by Gasteiger charge is -2.10. The summed E-state index contributed by atoms with van der Waals surface area (Å²) in [5, 5.41) is 1.25. The van der Waals surface area contributed by atoms with Gasteiger partial charge in [-0.2, -0.15) is 0 Å². The summed E-state index contributed by atoms with van der Waals surface area (Å²) in [6.45, 7) is 7.36. The van der Waals surface area contributed by atoms with Crippen LogP contribution in [0.3, 0.4) is 0 Å². The maximum atomic E-state index is 5.79. The van der Waals surface area contributed by atoms with Gasteiger partial charge in [0.1, 0.15) is 0 Å². The predicted molar refractivity (Wildman–Crippen MR) is 75.5 cm³/mol. The Hall–Kier alpha value is -1.32. The molecule has 1 aromatic heterocycles. The normalized spacial score (nSPS) is 11.6. The molecule has 0 radical (unpaired) electrons. The summed E-state index contributed by atoms with van der Waals surface area (Å²) in [7, 11) is 0. The molecule has 0 fully saturated rings. The number of rotatable bonds is 6. The third-order valence-corrected chi connectivity index (χ3v) is 3.02. The first-order chi connectivity index (χ1) is 8.72. The Balaban J connectivity index is 2.09. The molecule has 2 rings (SSSR count). The highest BCUT2D eigenvalue weighted by atomic mass is 16.5. The summed E-state index contributed by atoms with van der Waals surface area (Å²) in [5.41, 5.74) is 8.23. The average Bonchev–Trinajstić information content (AvgIpc) is 2.77. The van der Waals surface area contributed by atoms with Crippen LogP contribution in [0.1, 0.15) is 19.4 Å². The monoisotopic (exact) mass is 246 g/mol. The van der Waals surface area contributed by atoms with Crippen LogP contribution in [-0.4, -0.2) is 17.8 Å². The molecule has 0 unspecified atom stereocenters. The lowest BCUT2D eigenvalue weighted by molar-refractivity contribution is 0.104. The van der Waals surface area contributed by atoms with Crippen LogP contribution in [0.25, 0.3) is 10.9 Å². The lowest BCUT2D eigenvalue weighted by atomic mass is 10.1. The number of aromatic nitrogens is 1. The molecular formula is C15H22N2O. The highest BCUT2D eigenvalue weighted by molar-refractivity contribution is 5.83. The number of hydrogen-bond donors (Lipinski definition) is 1. The Morgan fingerprint density at radius 3 is 2.83 bits per heavy atom. The second kappa shape index (κ2) is 6.03. The summed E-state index contributed by atoms with van der Waals surface area (Å²) >= 11 is 0. The molecule has 0 aliphatic rings. The van der Waals surface area contributed by atoms with Crippen LogP contribution < -0.4 is 5.73 Å². The van der Waals surface area contributed by atoms with Crippen LogP contribution in [-0.2, 0) is 17.8 Å². The quantitative estimate of drug-likeness (QED) is 0.796. The molecule has 2 N–H and O–H groups in total. The van der Waals surface area contributed by atoms with Crippen LogP contribution in [0.5, 0.6) is 0 Å². The fourth-order valence-electron chi connectivity index (χ4n) is 2.17. The van der Waals surface area contributed by atoms with Gasteiger partial charge < -0.3 is 15.0 Å². The molecule has 18 heavy (non-hydrogen) atoms. The standard InChI is InChI=1S/C15H22N2O/c1-12(2)11-18-9-8-17-7-6-13-4-3-5-14(10-16)15(13)17/h3-7,12H,8-11,16H2,1-2H3. The molecule has 3 nitrogen and oxygen atoms in total. The van der Waals surface area contributed by atoms with Gasteiger partial charge in [0.2, 0.25) is 0 Å². The summed E-state index contributed by atoms with van der Waals surface area (Å²) in [6.07, 6.45) is 2.11. The fourth-order valence-corrected chi connectivity index (χ4v) is 2.17. The van der Waals surface area contributed by atoms with Gasteiger partial charge in [-0.3, -0.25) is 0 Å². The number of hydrogen-bond acceptors (Lipinski definition) is 2. The van der Waals surface area contributed by atoms with Crippen molar-refractivity contribution in [2.75, 3.05) is 13.2 Å². The van der Waals surface area contributed by atoms with Gasteiger partial charge in [0.05, 0.1) is 12.1 Å². The van der Waals surface area contributed by atoms with Crippen molar-refractivity contribution in [1.82, 2.24) is 4.57 Å². The first-order valence-electron chi connectivity index (χ1n) is 6.57. The molecule has 0 aliphatic heterocycles. The lowest BCUT2D eigenvalue weighted by Crippen LogP contribution is -2.10. The van der Waals surface area contributed by atoms with E-state index >= 15 is 0 Å². The molecule has 0 saturated carbocycles. The van der Waals surface area contributed by atoms with Gasteiger partial charge in [0, 0.05) is 25.9 Å². The predicted octanol–water partition coefficient (Wildman–Crippen LogP) is 2.77. The maximum absolute atomic E-state index is 5.79. The topological polar surface area (TPSA) is 40.2 Å². The van der Waals surface area contributed by atoms with E-state index in [-0.39, 0.29) is 0 Å². The molecular weight excluding hydrogens is 224 g/mol. The van der Waals surface area contributed by atoms with Crippen LogP contribution >= 0.6 is 0 Å². The van der Waals surface area contributed by atoms with Crippen LogP contribution in [0.15, 0.2) is 30.5 Å². The largest absolute Gasteiger partial charge is 0.379 e. The average molecular weight is 246 g/mol. The Morgan fingerprint density at radius 1 is 1.28 bits per heavy atom. The van der Waals surface area contributed by atoms with Crippen molar-refractivity contribution in [3.05, 3.63) is 36.0 Å². The zero-order valence-corrected chi connectivity index (χ0v) is 11.2. The third kappa shape index (κ3) is 2.92. The molecule has 0 saturated heterocycles. The van der Waals surface area contributed by atoms with Crippen molar-refractivity contribution in [2.45, 2.75) is 26.9 Å². The number of ether oxygens (including phenoxy) is 1. The van der Waals surface area contributed by atoms with Gasteiger partial charge in [-0.15, -0.1) is 0 Å². The molecule has 0 spiro atoms.